The van der Waals surface area contributed by atoms with E-state index in [-0.39, 0.29) is 0 Å². The van der Waals surface area contributed by atoms with Crippen molar-refractivity contribution in [2.24, 2.45) is 11.7 Å². The fourth-order valence-electron chi connectivity index (χ4n) is 2.37. The van der Waals surface area contributed by atoms with E-state index in [9.17, 15) is 0 Å². The largest absolute Gasteiger partial charge is 0.490 e. The highest BCUT2D eigenvalue weighted by Crippen LogP contribution is 2.27. The Morgan fingerprint density at radius 3 is 3.00 bits per heavy atom. The van der Waals surface area contributed by atoms with Gasteiger partial charge in [-0.15, -0.1) is 0 Å². The van der Waals surface area contributed by atoms with Crippen molar-refractivity contribution < 1.29 is 4.74 Å². The molecule has 2 rings (SSSR count). The van der Waals surface area contributed by atoms with Crippen molar-refractivity contribution in [3.05, 3.63) is 24.0 Å². The van der Waals surface area contributed by atoms with Gasteiger partial charge in [-0.2, -0.15) is 0 Å². The van der Waals surface area contributed by atoms with E-state index in [1.165, 1.54) is 19.3 Å². The van der Waals surface area contributed by atoms with Gasteiger partial charge >= 0.3 is 0 Å². The third kappa shape index (κ3) is 2.73. The average Bonchev–Trinajstić information content (AvgIpc) is 2.30. The summed E-state index contributed by atoms with van der Waals surface area (Å²) in [6.45, 7) is 2.71. The molecule has 1 aromatic rings. The Labute approximate surface area is 97.0 Å². The van der Waals surface area contributed by atoms with Crippen molar-refractivity contribution in [2.75, 3.05) is 6.54 Å². The molecule has 88 valence electrons. The van der Waals surface area contributed by atoms with Crippen molar-refractivity contribution in [3.63, 3.8) is 0 Å². The van der Waals surface area contributed by atoms with Gasteiger partial charge in [-0.05, 0) is 38.8 Å². The monoisotopic (exact) mass is 220 g/mol. The maximum Gasteiger partial charge on any atom is 0.123 e. The van der Waals surface area contributed by atoms with Gasteiger partial charge in [0.25, 0.3) is 0 Å². The molecule has 0 saturated heterocycles. The first-order valence-electron chi connectivity index (χ1n) is 6.09. The van der Waals surface area contributed by atoms with E-state index in [1.54, 1.807) is 6.20 Å². The summed E-state index contributed by atoms with van der Waals surface area (Å²) < 4.78 is 6.02. The maximum absolute atomic E-state index is 6.02. The van der Waals surface area contributed by atoms with Crippen LogP contribution in [0.1, 0.15) is 31.4 Å². The molecule has 0 bridgehead atoms. The fourth-order valence-corrected chi connectivity index (χ4v) is 2.37. The lowest BCUT2D eigenvalue weighted by Crippen LogP contribution is -2.35. The minimum atomic E-state index is 0.292. The summed E-state index contributed by atoms with van der Waals surface area (Å²) in [5.74, 6) is 1.44. The Hall–Kier alpha value is -1.09. The number of hydrogen-bond donors (Lipinski definition) is 1. The quantitative estimate of drug-likeness (QED) is 0.850. The summed E-state index contributed by atoms with van der Waals surface area (Å²) in [4.78, 5) is 4.17. The number of hydrogen-bond acceptors (Lipinski definition) is 3. The Bertz CT molecular complexity index is 340. The summed E-state index contributed by atoms with van der Waals surface area (Å²) in [6.07, 6.45) is 6.96. The first kappa shape index (κ1) is 11.4. The SMILES string of the molecule is Cc1cc(OC2CCCCC2CN)ccn1. The normalized spacial score (nSPS) is 25.4. The van der Waals surface area contributed by atoms with Gasteiger partial charge in [0.15, 0.2) is 0 Å². The number of nitrogens with two attached hydrogens (primary N) is 1. The molecule has 2 unspecified atom stereocenters. The lowest BCUT2D eigenvalue weighted by atomic mass is 9.86. The molecule has 3 heteroatoms. The molecule has 1 heterocycles. The minimum Gasteiger partial charge on any atom is -0.490 e. The molecule has 2 N–H and O–H groups in total. The van der Waals surface area contributed by atoms with Crippen LogP contribution in [-0.2, 0) is 0 Å². The molecule has 1 saturated carbocycles. The van der Waals surface area contributed by atoms with Gasteiger partial charge < -0.3 is 10.5 Å². The molecule has 0 aliphatic heterocycles. The first-order valence-corrected chi connectivity index (χ1v) is 6.09. The van der Waals surface area contributed by atoms with E-state index >= 15 is 0 Å². The summed E-state index contributed by atoms with van der Waals surface area (Å²) in [6, 6.07) is 3.91. The second-order valence-electron chi connectivity index (χ2n) is 4.57. The van der Waals surface area contributed by atoms with Gasteiger partial charge in [-0.1, -0.05) is 6.42 Å². The van der Waals surface area contributed by atoms with Crippen LogP contribution >= 0.6 is 0 Å². The van der Waals surface area contributed by atoms with E-state index in [2.05, 4.69) is 4.98 Å². The zero-order chi connectivity index (χ0) is 11.4. The van der Waals surface area contributed by atoms with Crippen molar-refractivity contribution >= 4 is 0 Å². The van der Waals surface area contributed by atoms with Gasteiger partial charge in [0.2, 0.25) is 0 Å². The Balaban J connectivity index is 2.02. The van der Waals surface area contributed by atoms with E-state index in [0.717, 1.165) is 24.4 Å². The summed E-state index contributed by atoms with van der Waals surface area (Å²) >= 11 is 0. The molecule has 0 aromatic carbocycles. The predicted octanol–water partition coefficient (Wildman–Crippen LogP) is 2.29. The van der Waals surface area contributed by atoms with Crippen molar-refractivity contribution in [1.82, 2.24) is 4.98 Å². The van der Waals surface area contributed by atoms with Gasteiger partial charge in [-0.25, -0.2) is 0 Å². The number of pyridine rings is 1. The number of aryl methyl sites for hydroxylation is 1. The zero-order valence-corrected chi connectivity index (χ0v) is 9.86. The van der Waals surface area contributed by atoms with Crippen molar-refractivity contribution in [2.45, 2.75) is 38.7 Å². The smallest absolute Gasteiger partial charge is 0.123 e. The highest BCUT2D eigenvalue weighted by molar-refractivity contribution is 5.22. The van der Waals surface area contributed by atoms with Crippen LogP contribution in [0.15, 0.2) is 18.3 Å². The van der Waals surface area contributed by atoms with E-state index in [0.29, 0.717) is 12.0 Å². The van der Waals surface area contributed by atoms with E-state index in [1.807, 2.05) is 19.1 Å². The summed E-state index contributed by atoms with van der Waals surface area (Å²) in [5, 5.41) is 0. The summed E-state index contributed by atoms with van der Waals surface area (Å²) in [5.41, 5.74) is 6.78. The number of rotatable bonds is 3. The second kappa shape index (κ2) is 5.30. The van der Waals surface area contributed by atoms with Crippen molar-refractivity contribution in [1.29, 1.82) is 0 Å². The highest BCUT2D eigenvalue weighted by atomic mass is 16.5. The molecule has 3 nitrogen and oxygen atoms in total. The van der Waals surface area contributed by atoms with Gasteiger partial charge in [0.05, 0.1) is 0 Å². The molecule has 1 fully saturated rings. The number of nitrogens with zero attached hydrogens (tertiary/aromatic N) is 1. The van der Waals surface area contributed by atoms with Gasteiger partial charge in [-0.3, -0.25) is 4.98 Å². The molecule has 1 aromatic heterocycles. The van der Waals surface area contributed by atoms with E-state index < -0.39 is 0 Å². The average molecular weight is 220 g/mol. The fraction of sp³-hybridized carbons (Fsp3) is 0.615. The third-order valence-corrected chi connectivity index (χ3v) is 3.30. The molecule has 1 aliphatic carbocycles. The molecular formula is C13H20N2O. The standard InChI is InChI=1S/C13H20N2O/c1-10-8-12(6-7-15-10)16-13-5-3-2-4-11(13)9-14/h6-8,11,13H,2-5,9,14H2,1H3. The molecule has 2 atom stereocenters. The third-order valence-electron chi connectivity index (χ3n) is 3.30. The molecule has 0 radical (unpaired) electrons. The van der Waals surface area contributed by atoms with Crippen LogP contribution in [0.5, 0.6) is 5.75 Å². The van der Waals surface area contributed by atoms with Crippen molar-refractivity contribution in [3.8, 4) is 5.75 Å². The number of aromatic nitrogens is 1. The predicted molar refractivity (Wildman–Crippen MR) is 64.4 cm³/mol. The zero-order valence-electron chi connectivity index (χ0n) is 9.86. The Kier molecular flexibility index (Phi) is 3.78. The molecule has 0 amide bonds. The van der Waals surface area contributed by atoms with Crippen LogP contribution in [0, 0.1) is 12.8 Å². The molecular weight excluding hydrogens is 200 g/mol. The minimum absolute atomic E-state index is 0.292. The van der Waals surface area contributed by atoms with Crippen LogP contribution in [-0.4, -0.2) is 17.6 Å². The van der Waals surface area contributed by atoms with Gasteiger partial charge in [0, 0.05) is 23.9 Å². The number of ether oxygens (including phenoxy) is 1. The lowest BCUT2D eigenvalue weighted by Gasteiger charge is -2.31. The second-order valence-corrected chi connectivity index (χ2v) is 4.57. The van der Waals surface area contributed by atoms with Crippen LogP contribution in [0.25, 0.3) is 0 Å². The molecule has 16 heavy (non-hydrogen) atoms. The Morgan fingerprint density at radius 2 is 2.25 bits per heavy atom. The van der Waals surface area contributed by atoms with E-state index in [4.69, 9.17) is 10.5 Å². The van der Waals surface area contributed by atoms with Crippen LogP contribution in [0.3, 0.4) is 0 Å². The topological polar surface area (TPSA) is 48.1 Å². The maximum atomic E-state index is 6.02. The highest BCUT2D eigenvalue weighted by Gasteiger charge is 2.25. The molecule has 0 spiro atoms. The molecule has 1 aliphatic rings. The summed E-state index contributed by atoms with van der Waals surface area (Å²) in [7, 11) is 0. The van der Waals surface area contributed by atoms with Crippen LogP contribution in [0.2, 0.25) is 0 Å². The lowest BCUT2D eigenvalue weighted by molar-refractivity contribution is 0.0968. The van der Waals surface area contributed by atoms with Crippen LogP contribution in [0.4, 0.5) is 0 Å². The Morgan fingerprint density at radius 1 is 1.44 bits per heavy atom. The van der Waals surface area contributed by atoms with Crippen LogP contribution < -0.4 is 10.5 Å². The first-order chi connectivity index (χ1) is 7.79. The van der Waals surface area contributed by atoms with Gasteiger partial charge in [0.1, 0.15) is 11.9 Å².